The van der Waals surface area contributed by atoms with Crippen molar-refractivity contribution in [3.63, 3.8) is 0 Å². The van der Waals surface area contributed by atoms with Gasteiger partial charge in [-0.15, -0.1) is 0 Å². The summed E-state index contributed by atoms with van der Waals surface area (Å²) in [6.07, 6.45) is 1.55. The molecule has 0 radical (unpaired) electrons. The topological polar surface area (TPSA) is 71.4 Å². The summed E-state index contributed by atoms with van der Waals surface area (Å²) in [5.74, 6) is -1.34. The van der Waals surface area contributed by atoms with Crippen molar-refractivity contribution < 1.29 is 14.4 Å². The van der Waals surface area contributed by atoms with Gasteiger partial charge in [-0.2, -0.15) is 0 Å². The van der Waals surface area contributed by atoms with Gasteiger partial charge in [0.1, 0.15) is 5.57 Å². The van der Waals surface area contributed by atoms with Crippen molar-refractivity contribution in [3.05, 3.63) is 88.8 Å². The molecule has 30 heavy (non-hydrogen) atoms. The molecule has 1 N–H and O–H groups in total. The van der Waals surface area contributed by atoms with Gasteiger partial charge in [-0.05, 0) is 62.7 Å². The molecular weight excluding hydrogens is 378 g/mol. The number of benzene rings is 2. The van der Waals surface area contributed by atoms with Crippen LogP contribution in [0.3, 0.4) is 0 Å². The van der Waals surface area contributed by atoms with Crippen LogP contribution in [-0.4, -0.2) is 22.4 Å². The third kappa shape index (κ3) is 3.33. The van der Waals surface area contributed by atoms with Gasteiger partial charge in [-0.3, -0.25) is 14.9 Å². The van der Waals surface area contributed by atoms with Gasteiger partial charge in [0.2, 0.25) is 0 Å². The third-order valence-corrected chi connectivity index (χ3v) is 5.18. The Kier molecular flexibility index (Phi) is 4.83. The number of barbiturate groups is 1. The van der Waals surface area contributed by atoms with Crippen LogP contribution in [0.25, 0.3) is 11.8 Å². The summed E-state index contributed by atoms with van der Waals surface area (Å²) in [5, 5.41) is 2.26. The summed E-state index contributed by atoms with van der Waals surface area (Å²) in [6.45, 7) is 5.93. The number of carbonyl (C=O) groups is 3. The zero-order valence-corrected chi connectivity index (χ0v) is 17.0. The molecule has 6 heteroatoms. The van der Waals surface area contributed by atoms with Gasteiger partial charge < -0.3 is 4.57 Å². The number of para-hydroxylation sites is 1. The van der Waals surface area contributed by atoms with Crippen molar-refractivity contribution in [2.24, 2.45) is 0 Å². The van der Waals surface area contributed by atoms with E-state index in [1.54, 1.807) is 36.4 Å². The maximum absolute atomic E-state index is 13.0. The molecule has 0 aliphatic carbocycles. The fourth-order valence-electron chi connectivity index (χ4n) is 3.65. The molecule has 1 aliphatic rings. The lowest BCUT2D eigenvalue weighted by Gasteiger charge is -2.26. The van der Waals surface area contributed by atoms with E-state index in [-0.39, 0.29) is 5.57 Å². The molecule has 2 heterocycles. The van der Waals surface area contributed by atoms with Crippen LogP contribution < -0.4 is 10.2 Å². The Morgan fingerprint density at radius 2 is 1.50 bits per heavy atom. The Labute approximate surface area is 174 Å². The molecule has 0 unspecified atom stereocenters. The number of aromatic nitrogens is 1. The standard InChI is InChI=1S/C24H21N3O3/c1-15-9-11-20(12-10-15)26-16(2)13-18(17(26)3)14-21-22(28)25-24(30)27(23(21)29)19-7-5-4-6-8-19/h4-14H,1-3H3,(H,25,28,30)/b21-14-. The molecule has 6 nitrogen and oxygen atoms in total. The van der Waals surface area contributed by atoms with Crippen LogP contribution in [0.2, 0.25) is 0 Å². The zero-order valence-electron chi connectivity index (χ0n) is 17.0. The number of carbonyl (C=O) groups excluding carboxylic acids is 3. The van der Waals surface area contributed by atoms with Gasteiger partial charge in [-0.1, -0.05) is 35.9 Å². The lowest BCUT2D eigenvalue weighted by molar-refractivity contribution is -0.122. The second-order valence-electron chi connectivity index (χ2n) is 7.29. The molecule has 2 aromatic carbocycles. The minimum Gasteiger partial charge on any atom is -0.318 e. The smallest absolute Gasteiger partial charge is 0.318 e. The molecule has 150 valence electrons. The van der Waals surface area contributed by atoms with Crippen LogP contribution in [0.5, 0.6) is 0 Å². The molecule has 4 rings (SSSR count). The highest BCUT2D eigenvalue weighted by Gasteiger charge is 2.36. The quantitative estimate of drug-likeness (QED) is 0.533. The summed E-state index contributed by atoms with van der Waals surface area (Å²) in [4.78, 5) is 38.8. The molecule has 0 spiro atoms. The SMILES string of the molecule is Cc1ccc(-n2c(C)cc(/C=C3/C(=O)NC(=O)N(c4ccccc4)C3=O)c2C)cc1. The number of hydrogen-bond acceptors (Lipinski definition) is 3. The summed E-state index contributed by atoms with van der Waals surface area (Å²) >= 11 is 0. The van der Waals surface area contributed by atoms with E-state index in [2.05, 4.69) is 9.88 Å². The van der Waals surface area contributed by atoms with E-state index in [1.165, 1.54) is 5.56 Å². The average molecular weight is 399 g/mol. The first-order valence-electron chi connectivity index (χ1n) is 9.59. The monoisotopic (exact) mass is 399 g/mol. The number of hydrogen-bond donors (Lipinski definition) is 1. The highest BCUT2D eigenvalue weighted by atomic mass is 16.2. The molecule has 1 aromatic heterocycles. The van der Waals surface area contributed by atoms with E-state index in [1.807, 2.05) is 51.1 Å². The van der Waals surface area contributed by atoms with Gasteiger partial charge in [0.15, 0.2) is 0 Å². The molecule has 3 aromatic rings. The summed E-state index contributed by atoms with van der Waals surface area (Å²) in [6, 6.07) is 17.8. The molecule has 0 saturated carbocycles. The van der Waals surface area contributed by atoms with E-state index in [0.29, 0.717) is 5.69 Å². The number of urea groups is 1. The van der Waals surface area contributed by atoms with Crippen molar-refractivity contribution >= 4 is 29.6 Å². The van der Waals surface area contributed by atoms with Crippen LogP contribution in [0.4, 0.5) is 10.5 Å². The van der Waals surface area contributed by atoms with Gasteiger partial charge in [-0.25, -0.2) is 9.69 Å². The van der Waals surface area contributed by atoms with Crippen molar-refractivity contribution in [3.8, 4) is 5.69 Å². The van der Waals surface area contributed by atoms with Gasteiger partial charge in [0.25, 0.3) is 11.8 Å². The molecule has 1 fully saturated rings. The largest absolute Gasteiger partial charge is 0.335 e. The molecule has 4 amide bonds. The van der Waals surface area contributed by atoms with Crippen LogP contribution >= 0.6 is 0 Å². The average Bonchev–Trinajstić information content (AvgIpc) is 3.00. The predicted molar refractivity (Wildman–Crippen MR) is 115 cm³/mol. The van der Waals surface area contributed by atoms with E-state index < -0.39 is 17.8 Å². The number of nitrogens with one attached hydrogen (secondary N) is 1. The number of aryl methyl sites for hydroxylation is 2. The second kappa shape index (κ2) is 7.48. The van der Waals surface area contributed by atoms with Crippen LogP contribution in [-0.2, 0) is 9.59 Å². The first-order valence-corrected chi connectivity index (χ1v) is 9.59. The number of imide groups is 2. The van der Waals surface area contributed by atoms with Crippen molar-refractivity contribution in [1.29, 1.82) is 0 Å². The second-order valence-corrected chi connectivity index (χ2v) is 7.29. The van der Waals surface area contributed by atoms with Crippen LogP contribution in [0.1, 0.15) is 22.5 Å². The zero-order chi connectivity index (χ0) is 21.4. The van der Waals surface area contributed by atoms with Gasteiger partial charge >= 0.3 is 6.03 Å². The van der Waals surface area contributed by atoms with Crippen LogP contribution in [0.15, 0.2) is 66.2 Å². The number of rotatable bonds is 3. The lowest BCUT2D eigenvalue weighted by atomic mass is 10.1. The Morgan fingerprint density at radius 1 is 0.833 bits per heavy atom. The molecule has 1 saturated heterocycles. The minimum absolute atomic E-state index is 0.0809. The Morgan fingerprint density at radius 3 is 2.17 bits per heavy atom. The van der Waals surface area contributed by atoms with E-state index in [9.17, 15) is 14.4 Å². The third-order valence-electron chi connectivity index (χ3n) is 5.18. The first-order chi connectivity index (χ1) is 14.4. The summed E-state index contributed by atoms with van der Waals surface area (Å²) < 4.78 is 2.07. The fraction of sp³-hybridized carbons (Fsp3) is 0.125. The van der Waals surface area contributed by atoms with Crippen molar-refractivity contribution in [2.75, 3.05) is 4.90 Å². The maximum atomic E-state index is 13.0. The van der Waals surface area contributed by atoms with Crippen molar-refractivity contribution in [2.45, 2.75) is 20.8 Å². The lowest BCUT2D eigenvalue weighted by Crippen LogP contribution is -2.54. The molecule has 0 atom stereocenters. The Balaban J connectivity index is 1.76. The van der Waals surface area contributed by atoms with E-state index in [4.69, 9.17) is 0 Å². The van der Waals surface area contributed by atoms with Gasteiger partial charge in [0.05, 0.1) is 5.69 Å². The van der Waals surface area contributed by atoms with Gasteiger partial charge in [0, 0.05) is 17.1 Å². The number of nitrogens with zero attached hydrogens (tertiary/aromatic N) is 2. The van der Waals surface area contributed by atoms with E-state index in [0.717, 1.165) is 27.5 Å². The molecule has 0 bridgehead atoms. The highest BCUT2D eigenvalue weighted by molar-refractivity contribution is 6.39. The van der Waals surface area contributed by atoms with E-state index >= 15 is 0 Å². The highest BCUT2D eigenvalue weighted by Crippen LogP contribution is 2.26. The van der Waals surface area contributed by atoms with Crippen LogP contribution in [0, 0.1) is 20.8 Å². The fourth-order valence-corrected chi connectivity index (χ4v) is 3.65. The summed E-state index contributed by atoms with van der Waals surface area (Å²) in [5.41, 5.74) is 5.11. The first kappa shape index (κ1) is 19.4. The Hall–Kier alpha value is -3.93. The minimum atomic E-state index is -0.751. The number of anilines is 1. The summed E-state index contributed by atoms with van der Waals surface area (Å²) in [7, 11) is 0. The maximum Gasteiger partial charge on any atom is 0.335 e. The molecular formula is C24H21N3O3. The molecule has 1 aliphatic heterocycles. The number of amides is 4. The normalized spacial score (nSPS) is 15.6. The Bertz CT molecular complexity index is 1190. The van der Waals surface area contributed by atoms with Crippen molar-refractivity contribution in [1.82, 2.24) is 9.88 Å². The predicted octanol–water partition coefficient (Wildman–Crippen LogP) is 4.07.